The average molecular weight is 631 g/mol. The van der Waals surface area contributed by atoms with E-state index in [1.54, 1.807) is 54.9 Å². The van der Waals surface area contributed by atoms with Crippen molar-refractivity contribution in [1.29, 1.82) is 0 Å². The maximum absolute atomic E-state index is 13.2. The van der Waals surface area contributed by atoms with Gasteiger partial charge in [-0.2, -0.15) is 0 Å². The number of rotatable bonds is 12. The van der Waals surface area contributed by atoms with Crippen molar-refractivity contribution in [3.05, 3.63) is 120 Å². The van der Waals surface area contributed by atoms with Crippen LogP contribution in [0.25, 0.3) is 0 Å². The number of ether oxygens (including phenoxy) is 2. The number of carbonyl (C=O) groups excluding carboxylic acids is 1. The number of benzene rings is 2. The molecule has 0 bridgehead atoms. The van der Waals surface area contributed by atoms with Gasteiger partial charge in [-0.3, -0.25) is 9.78 Å². The summed E-state index contributed by atoms with van der Waals surface area (Å²) in [4.78, 5) is 33.6. The fourth-order valence-corrected chi connectivity index (χ4v) is 5.33. The van der Waals surface area contributed by atoms with Crippen LogP contribution >= 0.6 is 0 Å². The maximum Gasteiger partial charge on any atom is 0.335 e. The Morgan fingerprint density at radius 3 is 2.17 bits per heavy atom. The number of nitrogens with zero attached hydrogens (tertiary/aromatic N) is 2. The van der Waals surface area contributed by atoms with Crippen LogP contribution in [-0.2, 0) is 19.1 Å². The van der Waals surface area contributed by atoms with E-state index in [0.717, 1.165) is 0 Å². The van der Waals surface area contributed by atoms with Gasteiger partial charge in [-0.05, 0) is 41.5 Å². The minimum Gasteiger partial charge on any atom is -0.479 e. The van der Waals surface area contributed by atoms with Gasteiger partial charge in [0.05, 0.1) is 18.1 Å². The lowest BCUT2D eigenvalue weighted by Gasteiger charge is -2.38. The van der Waals surface area contributed by atoms with Crippen LogP contribution in [0.5, 0.6) is 0 Å². The highest BCUT2D eigenvalue weighted by atomic mass is 16.7. The predicted molar refractivity (Wildman–Crippen MR) is 164 cm³/mol. The first-order chi connectivity index (χ1) is 22.2. The molecule has 2 aromatic heterocycles. The Bertz CT molecular complexity index is 1580. The summed E-state index contributed by atoms with van der Waals surface area (Å²) in [5.74, 6) is -2.44. The number of aliphatic hydroxyl groups is 4. The highest BCUT2D eigenvalue weighted by Crippen LogP contribution is 2.43. The number of nitrogens with one attached hydrogen (secondary N) is 2. The third-order valence-corrected chi connectivity index (χ3v) is 7.60. The molecule has 0 radical (unpaired) electrons. The van der Waals surface area contributed by atoms with E-state index in [1.807, 2.05) is 48.5 Å². The normalized spacial score (nSPS) is 23.1. The van der Waals surface area contributed by atoms with Crippen LogP contribution in [-0.4, -0.2) is 84.7 Å². The molecule has 1 saturated heterocycles. The third-order valence-electron chi connectivity index (χ3n) is 7.60. The SMILES string of the molecule is O=C(CO[C@@H]1O[C@H](C(=O)O)[C@@H](O)[C@H](O)[C@H]1O)Nc1ccccc1[C@@H](Nc1ccccn1)[C@H](c1ccccn1)[C@H](O)c1ccccc1. The lowest BCUT2D eigenvalue weighted by Crippen LogP contribution is -2.60. The number of aliphatic carboxylic acids is 1. The van der Waals surface area contributed by atoms with Gasteiger partial charge in [0.2, 0.25) is 0 Å². The molecular weight excluding hydrogens is 596 g/mol. The number of carboxylic acids is 1. The Morgan fingerprint density at radius 2 is 1.50 bits per heavy atom. The second-order valence-corrected chi connectivity index (χ2v) is 10.7. The summed E-state index contributed by atoms with van der Waals surface area (Å²) >= 11 is 0. The van der Waals surface area contributed by atoms with E-state index < -0.39 is 67.3 Å². The van der Waals surface area contributed by atoms with E-state index >= 15 is 0 Å². The zero-order valence-electron chi connectivity index (χ0n) is 24.4. The van der Waals surface area contributed by atoms with Crippen molar-refractivity contribution < 1.29 is 44.6 Å². The molecule has 13 heteroatoms. The predicted octanol–water partition coefficient (Wildman–Crippen LogP) is 1.99. The van der Waals surface area contributed by atoms with Crippen molar-refractivity contribution in [2.45, 2.75) is 48.8 Å². The van der Waals surface area contributed by atoms with Crippen LogP contribution in [0.1, 0.15) is 34.9 Å². The number of carboxylic acid groups (broad SMARTS) is 1. The smallest absolute Gasteiger partial charge is 0.335 e. The molecule has 240 valence electrons. The van der Waals surface area contributed by atoms with Crippen molar-refractivity contribution in [2.75, 3.05) is 17.2 Å². The van der Waals surface area contributed by atoms with Gasteiger partial charge < -0.3 is 45.6 Å². The first-order valence-electron chi connectivity index (χ1n) is 14.5. The summed E-state index contributed by atoms with van der Waals surface area (Å²) in [5, 5.41) is 57.6. The third kappa shape index (κ3) is 7.54. The van der Waals surface area contributed by atoms with Gasteiger partial charge in [-0.15, -0.1) is 0 Å². The number of carbonyl (C=O) groups is 2. The number of amides is 1. The number of para-hydroxylation sites is 1. The fraction of sp³-hybridized carbons (Fsp3) is 0.273. The zero-order chi connectivity index (χ0) is 32.6. The van der Waals surface area contributed by atoms with Crippen LogP contribution in [0.2, 0.25) is 0 Å². The lowest BCUT2D eigenvalue weighted by molar-refractivity contribution is -0.292. The molecule has 8 atom stereocenters. The summed E-state index contributed by atoms with van der Waals surface area (Å²) in [5.41, 5.74) is 2.16. The van der Waals surface area contributed by atoms with E-state index in [4.69, 9.17) is 9.47 Å². The lowest BCUT2D eigenvalue weighted by atomic mass is 9.82. The Balaban J connectivity index is 1.45. The molecular formula is C33H34N4O9. The summed E-state index contributed by atoms with van der Waals surface area (Å²) < 4.78 is 10.5. The molecule has 13 nitrogen and oxygen atoms in total. The second-order valence-electron chi connectivity index (χ2n) is 10.7. The molecule has 0 spiro atoms. The van der Waals surface area contributed by atoms with Crippen molar-refractivity contribution >= 4 is 23.4 Å². The molecule has 1 fully saturated rings. The fourth-order valence-electron chi connectivity index (χ4n) is 5.33. The number of hydrogen-bond donors (Lipinski definition) is 7. The highest BCUT2D eigenvalue weighted by Gasteiger charge is 2.47. The van der Waals surface area contributed by atoms with E-state index in [9.17, 15) is 35.1 Å². The zero-order valence-corrected chi connectivity index (χ0v) is 24.4. The van der Waals surface area contributed by atoms with Gasteiger partial charge in [0, 0.05) is 23.8 Å². The van der Waals surface area contributed by atoms with Crippen LogP contribution in [0, 0.1) is 0 Å². The standard InChI is InChI=1S/C33H34N4O9/c38-24(18-45-33-30(42)28(40)29(41)31(46-33)32(43)44)36-21-13-5-4-12-20(21)26(37-23-15-7-9-17-35-23)25(22-14-6-8-16-34-22)27(39)19-10-2-1-3-11-19/h1-17,25-31,33,39-42H,18H2,(H,35,37)(H,36,38)(H,43,44)/t25-,26+,27+,28-,29-,30+,31-,33+/m0/s1. The Morgan fingerprint density at radius 1 is 0.826 bits per heavy atom. The maximum atomic E-state index is 13.2. The van der Waals surface area contributed by atoms with Crippen molar-refractivity contribution in [3.8, 4) is 0 Å². The Kier molecular flexibility index (Phi) is 10.6. The molecule has 0 saturated carbocycles. The second kappa shape index (κ2) is 15.0. The van der Waals surface area contributed by atoms with Gasteiger partial charge in [0.15, 0.2) is 12.4 Å². The van der Waals surface area contributed by atoms with Crippen molar-refractivity contribution in [1.82, 2.24) is 9.97 Å². The molecule has 3 heterocycles. The van der Waals surface area contributed by atoms with E-state index in [0.29, 0.717) is 28.3 Å². The first kappa shape index (κ1) is 32.6. The number of hydrogen-bond acceptors (Lipinski definition) is 11. The summed E-state index contributed by atoms with van der Waals surface area (Å²) in [7, 11) is 0. The molecule has 2 aromatic carbocycles. The van der Waals surface area contributed by atoms with Gasteiger partial charge >= 0.3 is 5.97 Å². The molecule has 0 unspecified atom stereocenters. The number of aromatic nitrogens is 2. The molecule has 5 rings (SSSR count). The monoisotopic (exact) mass is 630 g/mol. The minimum absolute atomic E-state index is 0.356. The quantitative estimate of drug-likeness (QED) is 0.120. The number of pyridine rings is 2. The van der Waals surface area contributed by atoms with E-state index in [2.05, 4.69) is 20.6 Å². The minimum atomic E-state index is -1.89. The Labute approximate surface area is 264 Å². The van der Waals surface area contributed by atoms with Gasteiger partial charge in [-0.1, -0.05) is 60.7 Å². The topological polar surface area (TPSA) is 204 Å². The largest absolute Gasteiger partial charge is 0.479 e. The first-order valence-corrected chi connectivity index (χ1v) is 14.5. The van der Waals surface area contributed by atoms with Crippen LogP contribution in [0.4, 0.5) is 11.5 Å². The van der Waals surface area contributed by atoms with Crippen molar-refractivity contribution in [3.63, 3.8) is 0 Å². The van der Waals surface area contributed by atoms with Crippen LogP contribution in [0.3, 0.4) is 0 Å². The van der Waals surface area contributed by atoms with Gasteiger partial charge in [0.25, 0.3) is 5.91 Å². The molecule has 1 aliphatic heterocycles. The molecule has 0 aliphatic carbocycles. The average Bonchev–Trinajstić information content (AvgIpc) is 3.08. The summed E-state index contributed by atoms with van der Waals surface area (Å²) in [6.45, 7) is -0.695. The molecule has 7 N–H and O–H groups in total. The van der Waals surface area contributed by atoms with E-state index in [1.165, 1.54) is 0 Å². The number of anilines is 2. The molecule has 4 aromatic rings. The summed E-state index contributed by atoms with van der Waals surface area (Å²) in [6.07, 6.45) is -6.93. The Hall–Kier alpha value is -4.76. The van der Waals surface area contributed by atoms with Crippen LogP contribution < -0.4 is 10.6 Å². The van der Waals surface area contributed by atoms with Gasteiger partial charge in [-0.25, -0.2) is 9.78 Å². The highest BCUT2D eigenvalue weighted by molar-refractivity contribution is 5.92. The van der Waals surface area contributed by atoms with E-state index in [-0.39, 0.29) is 0 Å². The van der Waals surface area contributed by atoms with Crippen LogP contribution in [0.15, 0.2) is 103 Å². The van der Waals surface area contributed by atoms with Crippen molar-refractivity contribution in [2.24, 2.45) is 0 Å². The summed E-state index contributed by atoms with van der Waals surface area (Å²) in [6, 6.07) is 26.1. The van der Waals surface area contributed by atoms with Gasteiger partial charge in [0.1, 0.15) is 30.7 Å². The molecule has 46 heavy (non-hydrogen) atoms. The number of aliphatic hydroxyl groups excluding tert-OH is 4. The molecule has 1 amide bonds. The molecule has 1 aliphatic rings.